The third-order valence-corrected chi connectivity index (χ3v) is 3.96. The van der Waals surface area contributed by atoms with Crippen molar-refractivity contribution in [3.8, 4) is 28.6 Å². The fourth-order valence-corrected chi connectivity index (χ4v) is 2.90. The molecule has 6 nitrogen and oxygen atoms in total. The van der Waals surface area contributed by atoms with Crippen molar-refractivity contribution in [1.82, 2.24) is 20.2 Å². The smallest absolute Gasteiger partial charge is 0.266 e. The lowest BCUT2D eigenvalue weighted by molar-refractivity contribution is 0.886. The summed E-state index contributed by atoms with van der Waals surface area (Å²) in [5.74, 6) is 0. The molecule has 0 unspecified atom stereocenters. The number of aromatic amines is 2. The van der Waals surface area contributed by atoms with Crippen LogP contribution >= 0.6 is 0 Å². The average Bonchev–Trinajstić information content (AvgIpc) is 2.99. The first kappa shape index (κ1) is 12.5. The lowest BCUT2D eigenvalue weighted by atomic mass is 9.90. The fraction of sp³-hybridized carbons (Fsp3) is 0.125. The molecule has 2 N–H and O–H groups in total. The molecule has 0 aromatic carbocycles. The quantitative estimate of drug-likeness (QED) is 0.713. The van der Waals surface area contributed by atoms with E-state index in [1.807, 2.05) is 18.2 Å². The Morgan fingerprint density at radius 1 is 1.23 bits per heavy atom. The zero-order chi connectivity index (χ0) is 15.1. The highest BCUT2D eigenvalue weighted by atomic mass is 16.1. The van der Waals surface area contributed by atoms with Gasteiger partial charge in [-0.15, -0.1) is 0 Å². The number of hydrogen-bond donors (Lipinski definition) is 2. The lowest BCUT2D eigenvalue weighted by Crippen LogP contribution is -2.17. The largest absolute Gasteiger partial charge is 0.324 e. The second kappa shape index (κ2) is 4.67. The van der Waals surface area contributed by atoms with Gasteiger partial charge in [-0.2, -0.15) is 10.4 Å². The maximum absolute atomic E-state index is 11.8. The van der Waals surface area contributed by atoms with E-state index in [2.05, 4.69) is 20.2 Å². The van der Waals surface area contributed by atoms with Gasteiger partial charge in [0.05, 0.1) is 11.4 Å². The van der Waals surface area contributed by atoms with Gasteiger partial charge in [0.1, 0.15) is 11.6 Å². The van der Waals surface area contributed by atoms with Crippen LogP contribution in [0.3, 0.4) is 0 Å². The summed E-state index contributed by atoms with van der Waals surface area (Å²) in [7, 11) is 0. The van der Waals surface area contributed by atoms with Gasteiger partial charge in [0.2, 0.25) is 0 Å². The Bertz CT molecular complexity index is 962. The van der Waals surface area contributed by atoms with Crippen LogP contribution in [0.5, 0.6) is 0 Å². The normalized spacial score (nSPS) is 12.3. The summed E-state index contributed by atoms with van der Waals surface area (Å²) in [4.78, 5) is 18.6. The van der Waals surface area contributed by atoms with E-state index < -0.39 is 0 Å². The van der Waals surface area contributed by atoms with Crippen molar-refractivity contribution in [2.24, 2.45) is 0 Å². The van der Waals surface area contributed by atoms with E-state index in [9.17, 15) is 4.79 Å². The summed E-state index contributed by atoms with van der Waals surface area (Å²) in [5, 5.41) is 16.5. The number of fused-ring (bicyclic) bond motifs is 3. The minimum atomic E-state index is -0.335. The number of H-pyrrole nitrogens is 2. The van der Waals surface area contributed by atoms with Crippen LogP contribution in [0.25, 0.3) is 22.5 Å². The highest BCUT2D eigenvalue weighted by Gasteiger charge is 2.24. The van der Waals surface area contributed by atoms with Crippen LogP contribution in [0, 0.1) is 11.3 Å². The second-order valence-electron chi connectivity index (χ2n) is 5.18. The Morgan fingerprint density at radius 3 is 2.82 bits per heavy atom. The summed E-state index contributed by atoms with van der Waals surface area (Å²) >= 11 is 0. The molecule has 6 heteroatoms. The monoisotopic (exact) mass is 289 g/mol. The van der Waals surface area contributed by atoms with Gasteiger partial charge in [0.15, 0.2) is 0 Å². The SMILES string of the molecule is N#Cc1cc2c([nH]c1=O)CCc1c(-c3ccncc3)n[nH]c1-2. The van der Waals surface area contributed by atoms with Crippen molar-refractivity contribution in [3.05, 3.63) is 57.8 Å². The van der Waals surface area contributed by atoms with Crippen molar-refractivity contribution in [3.63, 3.8) is 0 Å². The van der Waals surface area contributed by atoms with Crippen molar-refractivity contribution >= 4 is 0 Å². The standard InChI is InChI=1S/C16H11N5O/c17-8-10-7-12-13(19-16(10)22)2-1-11-14(20-21-15(11)12)9-3-5-18-6-4-9/h3-7H,1-2H2,(H,19,22)(H,20,21). The van der Waals surface area contributed by atoms with Crippen LogP contribution < -0.4 is 5.56 Å². The Balaban J connectivity index is 1.93. The van der Waals surface area contributed by atoms with Gasteiger partial charge < -0.3 is 4.98 Å². The van der Waals surface area contributed by atoms with Gasteiger partial charge in [-0.25, -0.2) is 0 Å². The molecule has 3 heterocycles. The summed E-state index contributed by atoms with van der Waals surface area (Å²) in [6, 6.07) is 7.40. The van der Waals surface area contributed by atoms with Crippen molar-refractivity contribution < 1.29 is 0 Å². The third kappa shape index (κ3) is 1.76. The van der Waals surface area contributed by atoms with E-state index in [1.54, 1.807) is 18.5 Å². The number of nitrogens with one attached hydrogen (secondary N) is 2. The van der Waals surface area contributed by atoms with Crippen LogP contribution in [0.1, 0.15) is 16.8 Å². The van der Waals surface area contributed by atoms with E-state index >= 15 is 0 Å². The maximum atomic E-state index is 11.8. The first-order valence-electron chi connectivity index (χ1n) is 6.92. The number of hydrogen-bond acceptors (Lipinski definition) is 4. The third-order valence-electron chi connectivity index (χ3n) is 3.96. The summed E-state index contributed by atoms with van der Waals surface area (Å²) in [6.45, 7) is 0. The average molecular weight is 289 g/mol. The van der Waals surface area contributed by atoms with Crippen molar-refractivity contribution in [2.45, 2.75) is 12.8 Å². The topological polar surface area (TPSA) is 98.2 Å². The van der Waals surface area contributed by atoms with Crippen LogP contribution in [-0.4, -0.2) is 20.2 Å². The summed E-state index contributed by atoms with van der Waals surface area (Å²) in [6.07, 6.45) is 4.98. The van der Waals surface area contributed by atoms with E-state index in [4.69, 9.17) is 5.26 Å². The van der Waals surface area contributed by atoms with Gasteiger partial charge >= 0.3 is 0 Å². The molecule has 0 saturated carbocycles. The first-order valence-corrected chi connectivity index (χ1v) is 6.92. The minimum Gasteiger partial charge on any atom is -0.324 e. The predicted octanol–water partition coefficient (Wildman–Crippen LogP) is 1.80. The molecule has 0 radical (unpaired) electrons. The number of nitriles is 1. The Hall–Kier alpha value is -3.20. The molecular weight excluding hydrogens is 278 g/mol. The molecule has 1 aliphatic carbocycles. The molecule has 0 atom stereocenters. The number of nitrogens with zero attached hydrogens (tertiary/aromatic N) is 3. The van der Waals surface area contributed by atoms with Crippen molar-refractivity contribution in [1.29, 1.82) is 5.26 Å². The molecule has 0 bridgehead atoms. The Kier molecular flexibility index (Phi) is 2.66. The molecule has 3 aromatic heterocycles. The minimum absolute atomic E-state index is 0.117. The zero-order valence-electron chi connectivity index (χ0n) is 11.6. The first-order chi connectivity index (χ1) is 10.8. The highest BCUT2D eigenvalue weighted by Crippen LogP contribution is 2.35. The van der Waals surface area contributed by atoms with E-state index in [0.717, 1.165) is 46.6 Å². The molecule has 106 valence electrons. The van der Waals surface area contributed by atoms with Gasteiger partial charge in [-0.1, -0.05) is 0 Å². The highest BCUT2D eigenvalue weighted by molar-refractivity contribution is 5.77. The van der Waals surface area contributed by atoms with Gasteiger partial charge in [-0.05, 0) is 31.0 Å². The van der Waals surface area contributed by atoms with Gasteiger partial charge in [-0.3, -0.25) is 14.9 Å². The van der Waals surface area contributed by atoms with Crippen LogP contribution in [0.2, 0.25) is 0 Å². The Morgan fingerprint density at radius 2 is 2.05 bits per heavy atom. The molecule has 3 aromatic rings. The fourth-order valence-electron chi connectivity index (χ4n) is 2.90. The second-order valence-corrected chi connectivity index (χ2v) is 5.18. The van der Waals surface area contributed by atoms with Crippen molar-refractivity contribution in [2.75, 3.05) is 0 Å². The molecule has 0 fully saturated rings. The van der Waals surface area contributed by atoms with Crippen LogP contribution in [0.15, 0.2) is 35.4 Å². The number of aromatic nitrogens is 4. The van der Waals surface area contributed by atoms with E-state index in [1.165, 1.54) is 0 Å². The predicted molar refractivity (Wildman–Crippen MR) is 80.0 cm³/mol. The molecule has 0 spiro atoms. The lowest BCUT2D eigenvalue weighted by Gasteiger charge is -2.16. The van der Waals surface area contributed by atoms with Gasteiger partial charge in [0.25, 0.3) is 5.56 Å². The van der Waals surface area contributed by atoms with E-state index in [0.29, 0.717) is 0 Å². The molecule has 22 heavy (non-hydrogen) atoms. The maximum Gasteiger partial charge on any atom is 0.266 e. The molecule has 0 saturated heterocycles. The number of pyridine rings is 2. The molecule has 0 aliphatic heterocycles. The summed E-state index contributed by atoms with van der Waals surface area (Å²) in [5.41, 5.74) is 5.36. The Labute approximate surface area is 125 Å². The molecular formula is C16H11N5O. The molecule has 4 rings (SSSR count). The molecule has 1 aliphatic rings. The summed E-state index contributed by atoms with van der Waals surface area (Å²) < 4.78 is 0. The number of aryl methyl sites for hydroxylation is 1. The number of rotatable bonds is 1. The zero-order valence-corrected chi connectivity index (χ0v) is 11.6. The van der Waals surface area contributed by atoms with Crippen LogP contribution in [-0.2, 0) is 12.8 Å². The molecule has 0 amide bonds. The van der Waals surface area contributed by atoms with Crippen LogP contribution in [0.4, 0.5) is 0 Å². The van der Waals surface area contributed by atoms with Gasteiger partial charge in [0, 0.05) is 34.8 Å². The van der Waals surface area contributed by atoms with E-state index in [-0.39, 0.29) is 11.1 Å².